The number of primary amides is 1. The zero-order chi connectivity index (χ0) is 23.0. The predicted molar refractivity (Wildman–Crippen MR) is 107 cm³/mol. The van der Waals surface area contributed by atoms with Gasteiger partial charge in [-0.15, -0.1) is 0 Å². The van der Waals surface area contributed by atoms with Gasteiger partial charge >= 0.3 is 5.97 Å². The fourth-order valence-electron chi connectivity index (χ4n) is 2.31. The molecule has 0 aromatic heterocycles. The highest BCUT2D eigenvalue weighted by atomic mass is 19.1. The number of rotatable bonds is 9. The molecule has 2 aromatic rings. The Balaban J connectivity index is 1.96. The van der Waals surface area contributed by atoms with Crippen LogP contribution in [0.25, 0.3) is 6.08 Å². The first-order chi connectivity index (χ1) is 14.7. The van der Waals surface area contributed by atoms with Crippen LogP contribution in [0.3, 0.4) is 0 Å². The molecule has 0 aliphatic heterocycles. The highest BCUT2D eigenvalue weighted by molar-refractivity contribution is 5.96. The number of methoxy groups -OCH3 is 1. The summed E-state index contributed by atoms with van der Waals surface area (Å²) in [5, 5.41) is 2.21. The molecule has 0 fully saturated rings. The zero-order valence-corrected chi connectivity index (χ0v) is 16.7. The van der Waals surface area contributed by atoms with Crippen molar-refractivity contribution < 1.29 is 37.4 Å². The second-order valence-electron chi connectivity index (χ2n) is 6.19. The van der Waals surface area contributed by atoms with Gasteiger partial charge < -0.3 is 25.3 Å². The lowest BCUT2D eigenvalue weighted by Gasteiger charge is -2.13. The Morgan fingerprint density at radius 3 is 2.52 bits per heavy atom. The van der Waals surface area contributed by atoms with Gasteiger partial charge in [-0.1, -0.05) is 6.07 Å². The van der Waals surface area contributed by atoms with E-state index in [1.807, 2.05) is 0 Å². The molecule has 2 rings (SSSR count). The van der Waals surface area contributed by atoms with E-state index >= 15 is 0 Å². The molecule has 2 amide bonds. The van der Waals surface area contributed by atoms with Gasteiger partial charge in [0.15, 0.2) is 24.2 Å². The van der Waals surface area contributed by atoms with E-state index in [0.29, 0.717) is 23.1 Å². The van der Waals surface area contributed by atoms with E-state index in [0.717, 1.165) is 18.2 Å². The van der Waals surface area contributed by atoms with Crippen molar-refractivity contribution in [2.45, 2.75) is 13.0 Å². The Bertz CT molecular complexity index is 1010. The fourth-order valence-corrected chi connectivity index (χ4v) is 2.31. The number of nitrogens with one attached hydrogen (secondary N) is 1. The minimum absolute atomic E-state index is 0.240. The minimum atomic E-state index is -1.24. The third-order valence-electron chi connectivity index (χ3n) is 3.82. The first-order valence-corrected chi connectivity index (χ1v) is 8.93. The number of benzene rings is 2. The van der Waals surface area contributed by atoms with Crippen molar-refractivity contribution in [1.29, 1.82) is 0 Å². The Morgan fingerprint density at radius 1 is 1.13 bits per heavy atom. The van der Waals surface area contributed by atoms with Gasteiger partial charge in [-0.2, -0.15) is 0 Å². The van der Waals surface area contributed by atoms with Gasteiger partial charge in [0.2, 0.25) is 0 Å². The molecule has 1 atom stereocenters. The van der Waals surface area contributed by atoms with Crippen LogP contribution in [-0.4, -0.2) is 37.6 Å². The number of nitrogens with two attached hydrogens (primary N) is 1. The van der Waals surface area contributed by atoms with Gasteiger partial charge in [0.1, 0.15) is 11.6 Å². The molecule has 164 valence electrons. The number of ether oxygens (including phenoxy) is 3. The first kappa shape index (κ1) is 23.3. The van der Waals surface area contributed by atoms with Crippen molar-refractivity contribution in [3.8, 4) is 11.5 Å². The topological polar surface area (TPSA) is 117 Å². The maximum atomic E-state index is 13.6. The van der Waals surface area contributed by atoms with Crippen LogP contribution >= 0.6 is 0 Å². The second-order valence-corrected chi connectivity index (χ2v) is 6.19. The Morgan fingerprint density at radius 2 is 1.87 bits per heavy atom. The predicted octanol–water partition coefficient (Wildman–Crippen LogP) is 2.42. The normalized spacial score (nSPS) is 11.6. The van der Waals surface area contributed by atoms with Crippen LogP contribution in [0, 0.1) is 11.6 Å². The maximum absolute atomic E-state index is 13.6. The molecule has 0 spiro atoms. The van der Waals surface area contributed by atoms with Crippen molar-refractivity contribution in [1.82, 2.24) is 0 Å². The third-order valence-corrected chi connectivity index (χ3v) is 3.82. The number of hydrogen-bond donors (Lipinski definition) is 2. The molecule has 2 aromatic carbocycles. The second kappa shape index (κ2) is 10.7. The molecule has 0 heterocycles. The van der Waals surface area contributed by atoms with E-state index in [2.05, 4.69) is 5.32 Å². The summed E-state index contributed by atoms with van der Waals surface area (Å²) < 4.78 is 41.9. The van der Waals surface area contributed by atoms with E-state index in [1.165, 1.54) is 26.2 Å². The summed E-state index contributed by atoms with van der Waals surface area (Å²) in [6.07, 6.45) is 1.26. The standard InChI is InChI=1S/C21H20F2N2O6/c1-12(21(28)25-16-6-5-14(22)10-15(16)23)31-20(27)8-4-13-3-7-17(18(9-13)29-2)30-11-19(24)26/h3-10,12H,11H2,1-2H3,(H2,24,26)(H,25,28)/b8-4+. The summed E-state index contributed by atoms with van der Waals surface area (Å²) in [5.74, 6) is -3.40. The molecule has 0 radical (unpaired) electrons. The van der Waals surface area contributed by atoms with E-state index in [-0.39, 0.29) is 12.3 Å². The summed E-state index contributed by atoms with van der Waals surface area (Å²) in [6.45, 7) is 0.982. The van der Waals surface area contributed by atoms with E-state index in [4.69, 9.17) is 19.9 Å². The molecule has 0 aliphatic rings. The van der Waals surface area contributed by atoms with Crippen LogP contribution in [0.4, 0.5) is 14.5 Å². The number of carbonyl (C=O) groups is 3. The van der Waals surface area contributed by atoms with Crippen molar-refractivity contribution in [3.05, 3.63) is 59.7 Å². The molecule has 10 heteroatoms. The van der Waals surface area contributed by atoms with E-state index in [1.54, 1.807) is 12.1 Å². The molecule has 0 aliphatic carbocycles. The number of carbonyl (C=O) groups excluding carboxylic acids is 3. The fraction of sp³-hybridized carbons (Fsp3) is 0.190. The number of esters is 1. The minimum Gasteiger partial charge on any atom is -0.493 e. The van der Waals surface area contributed by atoms with Crippen LogP contribution in [0.15, 0.2) is 42.5 Å². The number of amides is 2. The van der Waals surface area contributed by atoms with E-state index in [9.17, 15) is 23.2 Å². The van der Waals surface area contributed by atoms with Crippen LogP contribution in [0.2, 0.25) is 0 Å². The zero-order valence-electron chi connectivity index (χ0n) is 16.7. The highest BCUT2D eigenvalue weighted by Gasteiger charge is 2.18. The molecule has 0 bridgehead atoms. The number of hydrogen-bond acceptors (Lipinski definition) is 6. The first-order valence-electron chi connectivity index (χ1n) is 8.93. The van der Waals surface area contributed by atoms with Crippen LogP contribution in [0.5, 0.6) is 11.5 Å². The van der Waals surface area contributed by atoms with Gasteiger partial charge in [-0.05, 0) is 42.8 Å². The van der Waals surface area contributed by atoms with Crippen molar-refractivity contribution >= 4 is 29.5 Å². The monoisotopic (exact) mass is 434 g/mol. The van der Waals surface area contributed by atoms with Crippen LogP contribution in [-0.2, 0) is 19.1 Å². The van der Waals surface area contributed by atoms with Crippen molar-refractivity contribution in [3.63, 3.8) is 0 Å². The van der Waals surface area contributed by atoms with Gasteiger partial charge in [0, 0.05) is 12.1 Å². The Kier molecular flexibility index (Phi) is 8.07. The summed E-state index contributed by atoms with van der Waals surface area (Å²) in [6, 6.07) is 7.33. The van der Waals surface area contributed by atoms with Gasteiger partial charge in [-0.25, -0.2) is 13.6 Å². The van der Waals surface area contributed by atoms with Gasteiger partial charge in [0.05, 0.1) is 12.8 Å². The van der Waals surface area contributed by atoms with Crippen LogP contribution in [0.1, 0.15) is 12.5 Å². The molecule has 0 saturated heterocycles. The molecule has 3 N–H and O–H groups in total. The lowest BCUT2D eigenvalue weighted by Crippen LogP contribution is -2.29. The van der Waals surface area contributed by atoms with Crippen molar-refractivity contribution in [2.75, 3.05) is 19.0 Å². The molecule has 0 saturated carbocycles. The summed E-state index contributed by atoms with van der Waals surface area (Å²) in [7, 11) is 1.40. The summed E-state index contributed by atoms with van der Waals surface area (Å²) in [5.41, 5.74) is 5.34. The molecular formula is C21H20F2N2O6. The van der Waals surface area contributed by atoms with Crippen molar-refractivity contribution in [2.24, 2.45) is 5.73 Å². The van der Waals surface area contributed by atoms with Gasteiger partial charge in [0.25, 0.3) is 11.8 Å². The maximum Gasteiger partial charge on any atom is 0.331 e. The Labute approximate surface area is 176 Å². The van der Waals surface area contributed by atoms with Crippen LogP contribution < -0.4 is 20.5 Å². The van der Waals surface area contributed by atoms with Gasteiger partial charge in [-0.3, -0.25) is 9.59 Å². The molecule has 1 unspecified atom stereocenters. The largest absolute Gasteiger partial charge is 0.493 e. The third kappa shape index (κ3) is 7.11. The van der Waals surface area contributed by atoms with E-state index < -0.39 is 35.5 Å². The SMILES string of the molecule is COc1cc(/C=C/C(=O)OC(C)C(=O)Nc2ccc(F)cc2F)ccc1OCC(N)=O. The lowest BCUT2D eigenvalue weighted by molar-refractivity contribution is -0.148. The molecule has 8 nitrogen and oxygen atoms in total. The smallest absolute Gasteiger partial charge is 0.331 e. The summed E-state index contributed by atoms with van der Waals surface area (Å²) >= 11 is 0. The number of halogens is 2. The highest BCUT2D eigenvalue weighted by Crippen LogP contribution is 2.28. The quantitative estimate of drug-likeness (QED) is 0.463. The number of anilines is 1. The Hall–Kier alpha value is -3.95. The summed E-state index contributed by atoms with van der Waals surface area (Å²) in [4.78, 5) is 34.8. The average molecular weight is 434 g/mol. The molecule has 31 heavy (non-hydrogen) atoms. The lowest BCUT2D eigenvalue weighted by atomic mass is 10.2. The molecular weight excluding hydrogens is 414 g/mol. The average Bonchev–Trinajstić information content (AvgIpc) is 2.72.